The van der Waals surface area contributed by atoms with Crippen LogP contribution in [0.15, 0.2) is 64.4 Å². The zero-order valence-electron chi connectivity index (χ0n) is 11.9. The largest absolute Gasteiger partial charge is 0.349 e. The molecule has 0 aromatic heterocycles. The van der Waals surface area contributed by atoms with Crippen molar-refractivity contribution >= 4 is 21.5 Å². The van der Waals surface area contributed by atoms with E-state index in [1.54, 1.807) is 18.2 Å². The number of Topliss-reactive ketones (excluding diaryl/α,β-unsaturated/α-hetero) is 1. The number of carbonyl (C=O) groups is 2. The van der Waals surface area contributed by atoms with Gasteiger partial charge in [-0.3, -0.25) is 9.59 Å². The van der Waals surface area contributed by atoms with Crippen molar-refractivity contribution in [3.63, 3.8) is 0 Å². The Morgan fingerprint density at radius 3 is 2.00 bits per heavy atom. The fourth-order valence-corrected chi connectivity index (χ4v) is 3.14. The summed E-state index contributed by atoms with van der Waals surface area (Å²) in [5, 5.41) is 2.41. The Labute approximate surface area is 128 Å². The molecule has 0 aliphatic rings. The van der Waals surface area contributed by atoms with Crippen LogP contribution in [-0.2, 0) is 14.6 Å². The molecule has 0 fully saturated rings. The number of carbonyl (C=O) groups excluding carboxylic acids is 2. The van der Waals surface area contributed by atoms with Crippen molar-refractivity contribution in [2.45, 2.75) is 16.7 Å². The molecule has 22 heavy (non-hydrogen) atoms. The highest BCUT2D eigenvalue weighted by Gasteiger charge is 2.17. The highest BCUT2D eigenvalue weighted by atomic mass is 32.2. The molecule has 0 spiro atoms. The lowest BCUT2D eigenvalue weighted by atomic mass is 10.1. The summed E-state index contributed by atoms with van der Waals surface area (Å²) in [7, 11) is -3.59. The Bertz CT molecular complexity index is 781. The third kappa shape index (κ3) is 3.59. The molecule has 0 heterocycles. The third-order valence-corrected chi connectivity index (χ3v) is 4.82. The first-order chi connectivity index (χ1) is 10.4. The second-order valence-electron chi connectivity index (χ2n) is 4.67. The van der Waals surface area contributed by atoms with Crippen LogP contribution in [0.4, 0.5) is 0 Å². The molecule has 0 bridgehead atoms. The van der Waals surface area contributed by atoms with Gasteiger partial charge in [-0.25, -0.2) is 8.42 Å². The highest BCUT2D eigenvalue weighted by molar-refractivity contribution is 7.91. The predicted octanol–water partition coefficient (Wildman–Crippen LogP) is 1.84. The summed E-state index contributed by atoms with van der Waals surface area (Å²) >= 11 is 0. The van der Waals surface area contributed by atoms with Crippen LogP contribution < -0.4 is 5.32 Å². The molecule has 2 aromatic rings. The monoisotopic (exact) mass is 317 g/mol. The van der Waals surface area contributed by atoms with E-state index in [1.165, 1.54) is 43.3 Å². The zero-order chi connectivity index (χ0) is 16.2. The Balaban J connectivity index is 2.22. The molecule has 0 saturated heterocycles. The topological polar surface area (TPSA) is 80.3 Å². The first-order valence-electron chi connectivity index (χ1n) is 6.59. The minimum atomic E-state index is -3.59. The molecule has 0 saturated carbocycles. The number of benzene rings is 2. The number of hydrogen-bond acceptors (Lipinski definition) is 4. The van der Waals surface area contributed by atoms with Crippen LogP contribution in [0.25, 0.3) is 0 Å². The van der Waals surface area contributed by atoms with Crippen LogP contribution in [0.1, 0.15) is 17.3 Å². The molecule has 0 aliphatic carbocycles. The van der Waals surface area contributed by atoms with Crippen molar-refractivity contribution in [2.75, 3.05) is 6.54 Å². The van der Waals surface area contributed by atoms with E-state index in [0.717, 1.165) is 0 Å². The van der Waals surface area contributed by atoms with E-state index >= 15 is 0 Å². The van der Waals surface area contributed by atoms with Gasteiger partial charge in [0.1, 0.15) is 0 Å². The molecule has 2 aromatic carbocycles. The molecular weight excluding hydrogens is 302 g/mol. The molecule has 5 nitrogen and oxygen atoms in total. The number of ketones is 1. The summed E-state index contributed by atoms with van der Waals surface area (Å²) in [6.07, 6.45) is 0. The minimum absolute atomic E-state index is 0.111. The Morgan fingerprint density at radius 2 is 1.45 bits per heavy atom. The van der Waals surface area contributed by atoms with Gasteiger partial charge in [-0.1, -0.05) is 30.3 Å². The van der Waals surface area contributed by atoms with E-state index in [2.05, 4.69) is 5.32 Å². The van der Waals surface area contributed by atoms with Gasteiger partial charge in [-0.2, -0.15) is 0 Å². The predicted molar refractivity (Wildman–Crippen MR) is 81.4 cm³/mol. The van der Waals surface area contributed by atoms with E-state index in [9.17, 15) is 18.0 Å². The molecule has 1 N–H and O–H groups in total. The molecular formula is C16H15NO4S. The van der Waals surface area contributed by atoms with Crippen LogP contribution >= 0.6 is 0 Å². The van der Waals surface area contributed by atoms with Crippen LogP contribution in [0.5, 0.6) is 0 Å². The van der Waals surface area contributed by atoms with Gasteiger partial charge in [-0.05, 0) is 24.3 Å². The van der Waals surface area contributed by atoms with Crippen molar-refractivity contribution in [3.05, 3.63) is 60.2 Å². The van der Waals surface area contributed by atoms with E-state index in [1.807, 2.05) is 0 Å². The average Bonchev–Trinajstić information content (AvgIpc) is 2.53. The van der Waals surface area contributed by atoms with Crippen molar-refractivity contribution in [2.24, 2.45) is 0 Å². The Hall–Kier alpha value is -2.47. The fourth-order valence-electron chi connectivity index (χ4n) is 1.86. The standard InChI is InChI=1S/C16H15NO4S/c1-12(18)17-11-16(19)13-7-9-15(10-8-13)22(20,21)14-5-3-2-4-6-14/h2-10H,11H2,1H3,(H,17,18). The Morgan fingerprint density at radius 1 is 0.909 bits per heavy atom. The van der Waals surface area contributed by atoms with Gasteiger partial charge < -0.3 is 5.32 Å². The van der Waals surface area contributed by atoms with Crippen LogP contribution in [0.2, 0.25) is 0 Å². The lowest BCUT2D eigenvalue weighted by Crippen LogP contribution is -2.27. The van der Waals surface area contributed by atoms with E-state index in [-0.39, 0.29) is 28.0 Å². The zero-order valence-corrected chi connectivity index (χ0v) is 12.8. The van der Waals surface area contributed by atoms with Gasteiger partial charge in [0.25, 0.3) is 0 Å². The van der Waals surface area contributed by atoms with Crippen molar-refractivity contribution in [1.82, 2.24) is 5.32 Å². The van der Waals surface area contributed by atoms with Crippen LogP contribution in [0, 0.1) is 0 Å². The second kappa shape index (κ2) is 6.53. The smallest absolute Gasteiger partial charge is 0.217 e. The SMILES string of the molecule is CC(=O)NCC(=O)c1ccc(S(=O)(=O)c2ccccc2)cc1. The van der Waals surface area contributed by atoms with Gasteiger partial charge >= 0.3 is 0 Å². The average molecular weight is 317 g/mol. The van der Waals surface area contributed by atoms with Crippen molar-refractivity contribution in [3.8, 4) is 0 Å². The maximum absolute atomic E-state index is 12.4. The first kappa shape index (κ1) is 15.9. The number of rotatable bonds is 5. The summed E-state index contributed by atoms with van der Waals surface area (Å²) in [6, 6.07) is 13.8. The van der Waals surface area contributed by atoms with Gasteiger partial charge in [0, 0.05) is 12.5 Å². The molecule has 0 radical (unpaired) electrons. The summed E-state index contributed by atoms with van der Waals surface area (Å²) in [4.78, 5) is 22.9. The molecule has 2 rings (SSSR count). The molecule has 6 heteroatoms. The van der Waals surface area contributed by atoms with Gasteiger partial charge in [0.05, 0.1) is 16.3 Å². The molecule has 0 aliphatic heterocycles. The van der Waals surface area contributed by atoms with E-state index < -0.39 is 9.84 Å². The summed E-state index contributed by atoms with van der Waals surface area (Å²) in [5.41, 5.74) is 0.348. The molecule has 1 amide bonds. The minimum Gasteiger partial charge on any atom is -0.349 e. The van der Waals surface area contributed by atoms with Gasteiger partial charge in [0.2, 0.25) is 15.7 Å². The number of amides is 1. The maximum atomic E-state index is 12.4. The van der Waals surface area contributed by atoms with E-state index in [0.29, 0.717) is 5.56 Å². The molecule has 0 atom stereocenters. The molecule has 0 unspecified atom stereocenters. The summed E-state index contributed by atoms with van der Waals surface area (Å²) < 4.78 is 24.8. The van der Waals surface area contributed by atoms with Gasteiger partial charge in [0.15, 0.2) is 5.78 Å². The second-order valence-corrected chi connectivity index (χ2v) is 6.62. The van der Waals surface area contributed by atoms with Crippen molar-refractivity contribution in [1.29, 1.82) is 0 Å². The maximum Gasteiger partial charge on any atom is 0.217 e. The number of nitrogens with one attached hydrogen (secondary N) is 1. The summed E-state index contributed by atoms with van der Waals surface area (Å²) in [6.45, 7) is 1.21. The lowest BCUT2D eigenvalue weighted by molar-refractivity contribution is -0.118. The molecule has 114 valence electrons. The van der Waals surface area contributed by atoms with Crippen molar-refractivity contribution < 1.29 is 18.0 Å². The fraction of sp³-hybridized carbons (Fsp3) is 0.125. The van der Waals surface area contributed by atoms with Gasteiger partial charge in [-0.15, -0.1) is 0 Å². The lowest BCUT2D eigenvalue weighted by Gasteiger charge is -2.06. The van der Waals surface area contributed by atoms with Crippen LogP contribution in [0.3, 0.4) is 0 Å². The van der Waals surface area contributed by atoms with Crippen LogP contribution in [-0.4, -0.2) is 26.7 Å². The normalized spacial score (nSPS) is 11.0. The van der Waals surface area contributed by atoms with E-state index in [4.69, 9.17) is 0 Å². The third-order valence-electron chi connectivity index (χ3n) is 3.04. The summed E-state index contributed by atoms with van der Waals surface area (Å²) in [5.74, 6) is -0.574. The first-order valence-corrected chi connectivity index (χ1v) is 8.07. The Kier molecular flexibility index (Phi) is 4.72. The quantitative estimate of drug-likeness (QED) is 0.853. The number of sulfone groups is 1. The highest BCUT2D eigenvalue weighted by Crippen LogP contribution is 2.20. The number of hydrogen-bond donors (Lipinski definition) is 1.